The largest absolute Gasteiger partial charge is 0.432 e. The van der Waals surface area contributed by atoms with E-state index in [4.69, 9.17) is 0 Å². The third-order valence-electron chi connectivity index (χ3n) is 7.05. The number of hydrogen-bond acceptors (Lipinski definition) is 3. The smallest absolute Gasteiger partial charge is 0.429 e. The monoisotopic (exact) mass is 623 g/mol. The summed E-state index contributed by atoms with van der Waals surface area (Å²) in [5, 5.41) is 2.35. The van der Waals surface area contributed by atoms with Crippen molar-refractivity contribution < 1.29 is 35.5 Å². The summed E-state index contributed by atoms with van der Waals surface area (Å²) >= 11 is 1.12. The van der Waals surface area contributed by atoms with E-state index in [0.717, 1.165) is 46.1 Å². The molecule has 2 nitrogen and oxygen atoms in total. The average molecular weight is 624 g/mol. The summed E-state index contributed by atoms with van der Waals surface area (Å²) < 4.78 is 104. The van der Waals surface area contributed by atoms with Crippen LogP contribution in [0.15, 0.2) is 91.5 Å². The van der Waals surface area contributed by atoms with Crippen LogP contribution in [-0.2, 0) is 12.5 Å². The first-order chi connectivity index (χ1) is 21.0. The minimum Gasteiger partial charge on any atom is -0.429 e. The van der Waals surface area contributed by atoms with E-state index in [-0.39, 0.29) is 22.7 Å². The molecule has 1 heterocycles. The minimum atomic E-state index is -4.68. The van der Waals surface area contributed by atoms with Crippen molar-refractivity contribution in [2.24, 2.45) is 0 Å². The van der Waals surface area contributed by atoms with E-state index in [9.17, 15) is 30.7 Å². The lowest BCUT2D eigenvalue weighted by atomic mass is 9.99. The van der Waals surface area contributed by atoms with E-state index in [1.165, 1.54) is 5.56 Å². The summed E-state index contributed by atoms with van der Waals surface area (Å²) in [5.74, 6) is -10.0. The summed E-state index contributed by atoms with van der Waals surface area (Å²) in [5.41, 5.74) is 1.74. The summed E-state index contributed by atoms with van der Waals surface area (Å²) in [7, 11) is 0. The normalized spacial score (nSPS) is 11.8. The maximum atomic E-state index is 14.9. The van der Waals surface area contributed by atoms with Crippen molar-refractivity contribution in [2.45, 2.75) is 19.0 Å². The van der Waals surface area contributed by atoms with Crippen LogP contribution in [0.2, 0.25) is 0 Å². The van der Waals surface area contributed by atoms with Crippen molar-refractivity contribution >= 4 is 32.3 Å². The third-order valence-corrected chi connectivity index (χ3v) is 8.11. The first-order valence-electron chi connectivity index (χ1n) is 13.3. The molecule has 44 heavy (non-hydrogen) atoms. The number of ether oxygens (including phenoxy) is 1. The van der Waals surface area contributed by atoms with Gasteiger partial charge in [-0.05, 0) is 70.6 Å². The molecule has 0 bridgehead atoms. The van der Waals surface area contributed by atoms with Gasteiger partial charge in [-0.3, -0.25) is 0 Å². The predicted octanol–water partition coefficient (Wildman–Crippen LogP) is 10.7. The molecule has 0 radical (unpaired) electrons. The highest BCUT2D eigenvalue weighted by Crippen LogP contribution is 2.39. The second kappa shape index (κ2) is 11.4. The molecule has 0 unspecified atom stereocenters. The van der Waals surface area contributed by atoms with Gasteiger partial charge in [-0.1, -0.05) is 42.5 Å². The van der Waals surface area contributed by atoms with E-state index in [2.05, 4.69) is 40.6 Å². The second-order valence-corrected chi connectivity index (χ2v) is 11.1. The van der Waals surface area contributed by atoms with Crippen molar-refractivity contribution in [1.82, 2.24) is 4.98 Å². The molecule has 222 valence electrons. The van der Waals surface area contributed by atoms with Crippen LogP contribution in [0.1, 0.15) is 17.5 Å². The molecule has 10 heteroatoms. The first-order valence-corrected chi connectivity index (χ1v) is 14.1. The zero-order valence-corrected chi connectivity index (χ0v) is 23.4. The molecule has 0 amide bonds. The Morgan fingerprint density at radius 2 is 1.36 bits per heavy atom. The number of aryl methyl sites for hydroxylation is 1. The van der Waals surface area contributed by atoms with Gasteiger partial charge in [0.15, 0.2) is 17.5 Å². The van der Waals surface area contributed by atoms with Crippen LogP contribution in [0.3, 0.4) is 0 Å². The predicted molar refractivity (Wildman–Crippen MR) is 157 cm³/mol. The lowest BCUT2D eigenvalue weighted by molar-refractivity contribution is -0.189. The molecule has 1 aromatic heterocycles. The van der Waals surface area contributed by atoms with E-state index in [1.807, 2.05) is 30.3 Å². The molecule has 0 aliphatic heterocycles. The fourth-order valence-electron chi connectivity index (χ4n) is 4.89. The quantitative estimate of drug-likeness (QED) is 0.0956. The fraction of sp³-hybridized carbons (Fsp3) is 0.0882. The maximum absolute atomic E-state index is 14.9. The number of hydrogen-bond donors (Lipinski definition) is 0. The Morgan fingerprint density at radius 1 is 0.727 bits per heavy atom. The van der Waals surface area contributed by atoms with Gasteiger partial charge < -0.3 is 4.74 Å². The van der Waals surface area contributed by atoms with E-state index < -0.39 is 46.5 Å². The molecule has 0 atom stereocenters. The van der Waals surface area contributed by atoms with E-state index in [0.29, 0.717) is 22.3 Å². The lowest BCUT2D eigenvalue weighted by Gasteiger charge is -2.20. The van der Waals surface area contributed by atoms with Crippen molar-refractivity contribution in [3.63, 3.8) is 0 Å². The number of halogens is 7. The highest BCUT2D eigenvalue weighted by atomic mass is 32.1. The van der Waals surface area contributed by atoms with Gasteiger partial charge in [0.1, 0.15) is 28.0 Å². The van der Waals surface area contributed by atoms with Crippen LogP contribution >= 0.6 is 11.3 Å². The molecule has 0 aliphatic carbocycles. The van der Waals surface area contributed by atoms with Crippen LogP contribution in [0.25, 0.3) is 42.7 Å². The Bertz CT molecular complexity index is 2030. The number of thiazole rings is 1. The topological polar surface area (TPSA) is 22.1 Å². The average Bonchev–Trinajstić information content (AvgIpc) is 3.41. The number of aromatic nitrogens is 1. The zero-order chi connectivity index (χ0) is 31.2. The first kappa shape index (κ1) is 29.4. The summed E-state index contributed by atoms with van der Waals surface area (Å²) in [6.07, 6.45) is -0.987. The number of alkyl halides is 2. The molecule has 0 spiro atoms. The molecule has 6 aromatic rings. The Hall–Kier alpha value is -4.70. The molecular weight excluding hydrogens is 603 g/mol. The Kier molecular flexibility index (Phi) is 7.63. The number of nitrogens with zero attached hydrogens (tertiary/aromatic N) is 1. The van der Waals surface area contributed by atoms with Crippen molar-refractivity contribution in [1.29, 1.82) is 0 Å². The molecule has 6 rings (SSSR count). The molecule has 0 N–H and O–H groups in total. The molecule has 5 aromatic carbocycles. The summed E-state index contributed by atoms with van der Waals surface area (Å²) in [4.78, 5) is 4.41. The number of benzene rings is 5. The SMILES string of the molecule is C=CCCc1ccc2cc(-c3ccc4nc(-c5cc(F)c(C(F)(F)Oc6cc(F)c(F)c(F)c6)c(F)c5)sc4c3)ccc2c1. The van der Waals surface area contributed by atoms with Gasteiger partial charge in [0.25, 0.3) is 0 Å². The molecule has 0 saturated heterocycles. The van der Waals surface area contributed by atoms with Gasteiger partial charge in [-0.2, -0.15) is 8.78 Å². The fourth-order valence-corrected chi connectivity index (χ4v) is 5.88. The zero-order valence-electron chi connectivity index (χ0n) is 22.6. The number of allylic oxidation sites excluding steroid dienone is 1. The Labute approximate surface area is 250 Å². The van der Waals surface area contributed by atoms with Gasteiger partial charge in [0, 0.05) is 17.7 Å². The Balaban J connectivity index is 1.29. The van der Waals surface area contributed by atoms with Gasteiger partial charge >= 0.3 is 6.11 Å². The van der Waals surface area contributed by atoms with Gasteiger partial charge in [-0.15, -0.1) is 17.9 Å². The summed E-state index contributed by atoms with van der Waals surface area (Å²) in [6, 6.07) is 19.6. The van der Waals surface area contributed by atoms with Crippen LogP contribution in [0.4, 0.5) is 30.7 Å². The van der Waals surface area contributed by atoms with Crippen LogP contribution in [-0.4, -0.2) is 4.98 Å². The second-order valence-electron chi connectivity index (χ2n) is 10.1. The van der Waals surface area contributed by atoms with Crippen molar-refractivity contribution in [3.8, 4) is 27.4 Å². The standard InChI is InChI=1S/C34H20F7NOS/c1-2-3-4-18-5-6-20-12-21(8-7-19(20)11-18)22-9-10-29-30(15-22)44-33(42-29)23-13-25(35)31(26(36)14-23)34(40,41)43-24-16-27(37)32(39)28(38)17-24/h2,5-17H,1,3-4H2. The minimum absolute atomic E-state index is 0.0980. The molecule has 0 fully saturated rings. The van der Waals surface area contributed by atoms with Gasteiger partial charge in [0.2, 0.25) is 0 Å². The van der Waals surface area contributed by atoms with E-state index >= 15 is 0 Å². The Morgan fingerprint density at radius 3 is 2.07 bits per heavy atom. The third kappa shape index (κ3) is 5.65. The van der Waals surface area contributed by atoms with Gasteiger partial charge in [0.05, 0.1) is 10.2 Å². The van der Waals surface area contributed by atoms with Crippen LogP contribution < -0.4 is 4.74 Å². The van der Waals surface area contributed by atoms with E-state index in [1.54, 1.807) is 6.07 Å². The maximum Gasteiger partial charge on any atom is 0.432 e. The molecule has 0 aliphatic rings. The number of rotatable bonds is 8. The van der Waals surface area contributed by atoms with Crippen molar-refractivity contribution in [3.05, 3.63) is 132 Å². The van der Waals surface area contributed by atoms with Crippen LogP contribution in [0, 0.1) is 29.1 Å². The number of fused-ring (bicyclic) bond motifs is 2. The van der Waals surface area contributed by atoms with Crippen LogP contribution in [0.5, 0.6) is 5.75 Å². The summed E-state index contributed by atoms with van der Waals surface area (Å²) in [6.45, 7) is 3.77. The molecule has 0 saturated carbocycles. The molecular formula is C34H20F7NOS. The highest BCUT2D eigenvalue weighted by molar-refractivity contribution is 7.21. The lowest BCUT2D eigenvalue weighted by Crippen LogP contribution is -2.25. The van der Waals surface area contributed by atoms with Crippen molar-refractivity contribution in [2.75, 3.05) is 0 Å². The highest BCUT2D eigenvalue weighted by Gasteiger charge is 2.41. The van der Waals surface area contributed by atoms with Gasteiger partial charge in [-0.25, -0.2) is 26.9 Å².